The van der Waals surface area contributed by atoms with Crippen LogP contribution < -0.4 is 67.1 Å². The molecule has 2 saturated heterocycles. The summed E-state index contributed by atoms with van der Waals surface area (Å²) in [5.74, 6) is 0.602. The molecule has 6 unspecified atom stereocenters. The standard InChI is InChI=1S/C52H56B2N4O4.C40H54N4O4.C32H38N4O4/c1-5-9-13-33(7-3)31-61-39-25-21-37(22-26-39)53-55-43-17-11-15-35-19-29-41(49(57-53)45(35)43)47-51(59)48(52(47)60)42-30-20-36-16-12-18-44-46(36)50(42)58-54(56-44)38-23-27-40(28-24-38)62-32-34(8-4)14-10-6-2;1-11-13-15-17-33(45)41-29-21-31-27(39(5,6)23(3)43(31)9)19-25(29)35-37(47)36(38(35)48)26-20-28-32(44(10)24(4)40(28,7)8)22-30(26)42-34(46)18-16-14-12-2;1-15-31(5,6)21-11-19(23(33-17(3)37)13-25(21)35(15)9)27-29(39)28(30(27)40)20-12-22-26(14-24(20)34-18(4)38)36(10)16(2)32(22,7)8/h11-12,15-30,33-34,55-57,59H,5-10,13-14,31-32H2,1-4H3;19-24,47H,11-18H2,1-10H3,(H,41,45);11-16,39H,1-10H3,(H,33,37). The predicted molar refractivity (Wildman–Crippen MR) is 613 cm³/mol. The van der Waals surface area contributed by atoms with Crippen LogP contribution in [-0.4, -0.2) is 157 Å². The van der Waals surface area contributed by atoms with Crippen LogP contribution in [0.3, 0.4) is 0 Å². The molecule has 8 aromatic rings. The highest BCUT2D eigenvalue weighted by molar-refractivity contribution is 6.80. The number of nitrogens with zero attached hydrogens (tertiary/aromatic N) is 7. The lowest BCUT2D eigenvalue weighted by Crippen LogP contribution is -2.48. The van der Waals surface area contributed by atoms with E-state index in [1.807, 2.05) is 137 Å². The minimum absolute atomic E-state index is 0.0185. The van der Waals surface area contributed by atoms with E-state index in [1.54, 1.807) is 0 Å². The second-order valence-corrected chi connectivity index (χ2v) is 44.9. The quantitative estimate of drug-likeness (QED) is 0.0123. The minimum atomic E-state index is -0.394. The Labute approximate surface area is 884 Å². The van der Waals surface area contributed by atoms with Crippen molar-refractivity contribution in [2.75, 3.05) is 77.5 Å². The second kappa shape index (κ2) is 42.8. The zero-order valence-electron chi connectivity index (χ0n) is 92.0. The molecule has 4 amide bonds. The van der Waals surface area contributed by atoms with Gasteiger partial charge in [-0.2, -0.15) is 0 Å². The maximum absolute atomic E-state index is 14.6. The molecule has 2 fully saturated rings. The Hall–Kier alpha value is -14.0. The number of rotatable bonds is 29. The largest absolute Gasteiger partial charge is 0.506 e. The minimum Gasteiger partial charge on any atom is -0.506 e. The number of likely N-dealkylation sites (N-methyl/N-ethyl adjacent to an activating group) is 4. The normalized spacial score (nSPS) is 21.8. The van der Waals surface area contributed by atoms with Crippen molar-refractivity contribution in [1.82, 2.24) is 9.80 Å². The molecule has 5 aliphatic carbocycles. The highest BCUT2D eigenvalue weighted by Crippen LogP contribution is 2.57. The number of aliphatic hydroxyl groups excluding tert-OH is 3. The van der Waals surface area contributed by atoms with E-state index in [9.17, 15) is 48.9 Å². The third-order valence-corrected chi connectivity index (χ3v) is 34.5. The van der Waals surface area contributed by atoms with Crippen molar-refractivity contribution >= 4 is 161 Å². The van der Waals surface area contributed by atoms with E-state index < -0.39 is 12.9 Å². The summed E-state index contributed by atoms with van der Waals surface area (Å²) in [4.78, 5) is 116. The highest BCUT2D eigenvalue weighted by Gasteiger charge is 2.52. The lowest BCUT2D eigenvalue weighted by atomic mass is 9.65. The number of carbonyl (C=O) groups is 7. The monoisotopic (exact) mass is 2020 g/mol. The zero-order valence-corrected chi connectivity index (χ0v) is 92.0. The number of anilines is 7. The van der Waals surface area contributed by atoms with Crippen molar-refractivity contribution in [3.63, 3.8) is 0 Å². The molecule has 11 aliphatic rings. The van der Waals surface area contributed by atoms with Gasteiger partial charge in [-0.1, -0.05) is 234 Å². The average molecular weight is 2020 g/mol. The zero-order chi connectivity index (χ0) is 108. The van der Waals surface area contributed by atoms with Gasteiger partial charge in [0, 0.05) is 184 Å². The molecule has 150 heavy (non-hydrogen) atoms. The van der Waals surface area contributed by atoms with Gasteiger partial charge in [-0.15, -0.1) is 0 Å². The van der Waals surface area contributed by atoms with Crippen molar-refractivity contribution in [1.29, 1.82) is 0 Å². The lowest BCUT2D eigenvalue weighted by molar-refractivity contribution is -0.118. The van der Waals surface area contributed by atoms with Gasteiger partial charge in [0.15, 0.2) is 0 Å². The number of Topliss-reactive ketones (excluding diaryl/α,β-unsaturated/α-hetero) is 3. The Bertz CT molecular complexity index is 7400. The number of allylic oxidation sites excluding steroid dienone is 14. The topological polar surface area (TPSA) is 309 Å². The predicted octanol–water partition coefficient (Wildman–Crippen LogP) is 22.8. The molecule has 6 aliphatic heterocycles. The Balaban J connectivity index is 0.000000157. The number of unbranched alkanes of at least 4 members (excludes halogenated alkanes) is 6. The maximum atomic E-state index is 14.6. The van der Waals surface area contributed by atoms with Crippen LogP contribution in [0.4, 0.5) is 39.8 Å². The number of ether oxygens (including phenoxy) is 2. The Morgan fingerprint density at radius 2 is 0.900 bits per heavy atom. The number of aliphatic imine (C=N–C) groups is 2. The molecule has 8 N–H and O–H groups in total. The smallest absolute Gasteiger partial charge is 0.427 e. The van der Waals surface area contributed by atoms with E-state index in [-0.39, 0.29) is 133 Å². The van der Waals surface area contributed by atoms with Crippen molar-refractivity contribution in [3.05, 3.63) is 258 Å². The molecule has 26 heteroatoms. The van der Waals surface area contributed by atoms with E-state index in [2.05, 4.69) is 229 Å². The summed E-state index contributed by atoms with van der Waals surface area (Å²) in [5.41, 5.74) is 17.4. The van der Waals surface area contributed by atoms with Crippen molar-refractivity contribution in [2.45, 2.75) is 276 Å². The Morgan fingerprint density at radius 1 is 0.460 bits per heavy atom. The first-order valence-electron chi connectivity index (χ1n) is 54.3. The van der Waals surface area contributed by atoms with E-state index in [0.29, 0.717) is 98.1 Å². The summed E-state index contributed by atoms with van der Waals surface area (Å²) in [6.45, 7) is 42.6. The van der Waals surface area contributed by atoms with Gasteiger partial charge in [0.2, 0.25) is 41.0 Å². The number of carbonyl (C=O) groups excluding carboxylic acids is 7. The molecule has 0 spiro atoms. The number of likely N-dealkylation sites (tertiary alicyclic amines) is 2. The lowest BCUT2D eigenvalue weighted by Gasteiger charge is -2.31. The van der Waals surface area contributed by atoms with Gasteiger partial charge in [-0.3, -0.25) is 33.6 Å². The molecule has 8 aromatic carbocycles. The summed E-state index contributed by atoms with van der Waals surface area (Å²) >= 11 is 0. The van der Waals surface area contributed by atoms with Gasteiger partial charge in [-0.05, 0) is 194 Å². The molecule has 19 rings (SSSR count). The first-order chi connectivity index (χ1) is 71.4. The molecular formula is C124H148B2N12O12. The highest BCUT2D eigenvalue weighted by atomic mass is 16.5. The van der Waals surface area contributed by atoms with Gasteiger partial charge < -0.3 is 75.6 Å². The van der Waals surface area contributed by atoms with E-state index in [1.165, 1.54) is 52.4 Å². The van der Waals surface area contributed by atoms with Crippen LogP contribution in [-0.2, 0) is 44.4 Å². The van der Waals surface area contributed by atoms with Gasteiger partial charge >= 0.3 is 14.0 Å². The molecule has 0 bridgehead atoms. The number of nitrogens with one attached hydrogen (secondary N) is 5. The third kappa shape index (κ3) is 19.6. The number of ketones is 3. The molecule has 782 valence electrons. The summed E-state index contributed by atoms with van der Waals surface area (Å²) in [5, 5.41) is 57.6. The van der Waals surface area contributed by atoms with Crippen molar-refractivity contribution in [3.8, 4) is 11.5 Å². The number of hydrogen-bond donors (Lipinski definition) is 8. The van der Waals surface area contributed by atoms with Crippen LogP contribution >= 0.6 is 0 Å². The molecular weight excluding hydrogens is 1870 g/mol. The van der Waals surface area contributed by atoms with Crippen molar-refractivity contribution < 1.29 is 58.4 Å². The first kappa shape index (κ1) is 107. The molecule has 6 heterocycles. The third-order valence-electron chi connectivity index (χ3n) is 34.5. The maximum Gasteiger partial charge on any atom is 0.427 e. The first-order valence-corrected chi connectivity index (χ1v) is 54.3. The number of fused-ring (bicyclic) bond motifs is 4. The van der Waals surface area contributed by atoms with Gasteiger partial charge in [0.25, 0.3) is 0 Å². The number of hydrogen-bond acceptors (Lipinski definition) is 20. The summed E-state index contributed by atoms with van der Waals surface area (Å²) < 4.78 is 12.4. The van der Waals surface area contributed by atoms with Gasteiger partial charge in [-0.25, -0.2) is 9.98 Å². The Morgan fingerprint density at radius 3 is 1.37 bits per heavy atom. The van der Waals surface area contributed by atoms with Crippen LogP contribution in [0.25, 0.3) is 43.8 Å². The summed E-state index contributed by atoms with van der Waals surface area (Å²) in [7, 11) is 8.10. The van der Waals surface area contributed by atoms with Crippen LogP contribution in [0, 0.1) is 22.7 Å². The molecule has 0 radical (unpaired) electrons. The van der Waals surface area contributed by atoms with Crippen LogP contribution in [0.5, 0.6) is 11.5 Å². The van der Waals surface area contributed by atoms with E-state index in [0.717, 1.165) is 164 Å². The average Bonchev–Trinajstić information content (AvgIpc) is 1.08. The van der Waals surface area contributed by atoms with Crippen LogP contribution in [0.2, 0.25) is 0 Å². The SMILES string of the molecule is CC(=O)N=C1C=C2C(=CC1=C1C(=O)C(c3cc4c(cc3NC(C)=O)N(C)C(C)C4(C)C)=C1O)C(C)(C)C(C)N2C.CCCCC(CC)COc1ccc(B2N=c3c(=C4C(=O)C(c5ccc6cccc7c6c5NB(c5ccc(OCC(CC)CCCC)cc5)N7)=C4O)ccc4cccc(c34)N2)cc1.CCCCCC(=O)N=C1C=C2C(=CC1=C1C(=O)C(c3cc4c(cc3NC(=O)CCCCC)N(C)C(C)C4(C)C)=C1O)C(C)(C)C(C)N2C. The summed E-state index contributed by atoms with van der Waals surface area (Å²) in [6, 6.07) is 45.1. The second-order valence-electron chi connectivity index (χ2n) is 44.9. The molecule has 24 nitrogen and oxygen atoms in total. The van der Waals surface area contributed by atoms with E-state index in [4.69, 9.17) is 14.4 Å². The fraction of sp³-hybridized carbons (Fsp3) is 0.419. The number of amides is 4. The fourth-order valence-electron chi connectivity index (χ4n) is 23.3. The molecule has 0 saturated carbocycles. The van der Waals surface area contributed by atoms with E-state index >= 15 is 0 Å². The number of benzene rings is 8. The van der Waals surface area contributed by atoms with Crippen LogP contribution in [0.15, 0.2) is 235 Å². The van der Waals surface area contributed by atoms with Crippen LogP contribution in [0.1, 0.15) is 269 Å². The fourth-order valence-corrected chi connectivity index (χ4v) is 23.3. The molecule has 0 aromatic heterocycles. The van der Waals surface area contributed by atoms with Gasteiger partial charge in [0.05, 0.1) is 74.8 Å². The van der Waals surface area contributed by atoms with Crippen molar-refractivity contribution in [2.24, 2.45) is 37.6 Å². The van der Waals surface area contributed by atoms with Gasteiger partial charge in [0.1, 0.15) is 28.8 Å². The molecule has 6 atom stereocenters. The Kier molecular flexibility index (Phi) is 30.6. The number of aliphatic hydroxyl groups is 3. The summed E-state index contributed by atoms with van der Waals surface area (Å²) in [6.07, 6.45) is 23.2.